The lowest BCUT2D eigenvalue weighted by molar-refractivity contribution is -0.124. The molecule has 1 aromatic carbocycles. The number of Topliss-reactive ketones (excluding diaryl/α,β-unsaturated/α-hetero) is 1. The molecule has 0 bridgehead atoms. The highest BCUT2D eigenvalue weighted by atomic mass is 35.5. The van der Waals surface area contributed by atoms with Crippen LogP contribution in [0.3, 0.4) is 0 Å². The maximum absolute atomic E-state index is 14.6. The van der Waals surface area contributed by atoms with Gasteiger partial charge in [-0.1, -0.05) is 29.8 Å². The van der Waals surface area contributed by atoms with Crippen LogP contribution in [0.5, 0.6) is 0 Å². The van der Waals surface area contributed by atoms with E-state index in [2.05, 4.69) is 0 Å². The molecule has 6 heteroatoms. The Hall–Kier alpha value is -1.88. The van der Waals surface area contributed by atoms with Gasteiger partial charge in [-0.2, -0.15) is 0 Å². The van der Waals surface area contributed by atoms with Crippen molar-refractivity contribution in [1.82, 2.24) is 4.90 Å². The largest absolute Gasteiger partial charge is 0.444 e. The van der Waals surface area contributed by atoms with Gasteiger partial charge in [-0.15, -0.1) is 0 Å². The highest BCUT2D eigenvalue weighted by Crippen LogP contribution is 2.48. The van der Waals surface area contributed by atoms with Gasteiger partial charge in [0.15, 0.2) is 5.78 Å². The summed E-state index contributed by atoms with van der Waals surface area (Å²) < 4.78 is 20.1. The van der Waals surface area contributed by atoms with Crippen molar-refractivity contribution in [3.05, 3.63) is 40.7 Å². The number of piperidine rings is 1. The molecule has 1 amide bonds. The predicted octanol–water partition coefficient (Wildman–Crippen LogP) is 5.79. The molecule has 1 saturated carbocycles. The number of likely N-dealkylation sites (tertiary alicyclic amines) is 1. The quantitative estimate of drug-likeness (QED) is 0.620. The first-order valence-corrected chi connectivity index (χ1v) is 10.1. The minimum Gasteiger partial charge on any atom is -0.444 e. The van der Waals surface area contributed by atoms with Crippen molar-refractivity contribution in [2.24, 2.45) is 5.92 Å². The molecule has 1 saturated heterocycles. The van der Waals surface area contributed by atoms with Crippen molar-refractivity contribution in [2.75, 3.05) is 0 Å². The molecule has 3 rings (SSSR count). The number of allylic oxidation sites excluding steroid dienone is 2. The van der Waals surface area contributed by atoms with Crippen LogP contribution < -0.4 is 0 Å². The number of ether oxygens (including phenoxy) is 1. The van der Waals surface area contributed by atoms with Gasteiger partial charge in [0.05, 0.1) is 6.04 Å². The predicted molar refractivity (Wildman–Crippen MR) is 108 cm³/mol. The third kappa shape index (κ3) is 4.57. The number of hydrogen-bond donors (Lipinski definition) is 0. The molecular weight excluding hydrogens is 381 g/mol. The first-order valence-electron chi connectivity index (χ1n) is 9.72. The number of ketones is 1. The lowest BCUT2D eigenvalue weighted by atomic mass is 10.0. The maximum atomic E-state index is 14.6. The second kappa shape index (κ2) is 7.86. The molecule has 0 radical (unpaired) electrons. The first kappa shape index (κ1) is 20.8. The number of benzene rings is 1. The number of hydrogen-bond acceptors (Lipinski definition) is 3. The number of fused-ring (bicyclic) bond motifs is 1. The van der Waals surface area contributed by atoms with Crippen LogP contribution in [0.2, 0.25) is 5.02 Å². The molecule has 1 aliphatic carbocycles. The van der Waals surface area contributed by atoms with Crippen molar-refractivity contribution >= 4 is 29.1 Å². The molecular formula is C22H27ClFNO3. The molecule has 1 heterocycles. The third-order valence-electron chi connectivity index (χ3n) is 5.36. The first-order chi connectivity index (χ1) is 13.1. The molecule has 0 aromatic heterocycles. The van der Waals surface area contributed by atoms with E-state index in [1.54, 1.807) is 56.9 Å². The summed E-state index contributed by atoms with van der Waals surface area (Å²) in [7, 11) is 0. The van der Waals surface area contributed by atoms with E-state index in [0.29, 0.717) is 28.5 Å². The van der Waals surface area contributed by atoms with Gasteiger partial charge in [0.2, 0.25) is 0 Å². The van der Waals surface area contributed by atoms with Gasteiger partial charge in [0.1, 0.15) is 11.4 Å². The number of nitrogens with zero attached hydrogens (tertiary/aromatic N) is 1. The van der Waals surface area contributed by atoms with Crippen LogP contribution in [0.25, 0.3) is 5.57 Å². The van der Waals surface area contributed by atoms with Crippen LogP contribution in [0.4, 0.5) is 9.18 Å². The van der Waals surface area contributed by atoms with E-state index in [1.807, 2.05) is 0 Å². The Kier molecular flexibility index (Phi) is 5.85. The van der Waals surface area contributed by atoms with Crippen LogP contribution in [-0.2, 0) is 9.53 Å². The molecule has 2 aliphatic rings. The van der Waals surface area contributed by atoms with Crippen LogP contribution >= 0.6 is 11.6 Å². The number of carbonyl (C=O) groups excluding carboxylic acids is 2. The van der Waals surface area contributed by atoms with Gasteiger partial charge in [-0.25, -0.2) is 9.18 Å². The SMILES string of the molecule is C/C(=C(/F)CCC(=O)[C@@H]1C[C@H]2C[C@H]2N1C(=O)OC(C)(C)C)c1ccccc1Cl. The smallest absolute Gasteiger partial charge is 0.411 e. The molecule has 2 fully saturated rings. The average molecular weight is 408 g/mol. The van der Waals surface area contributed by atoms with Gasteiger partial charge >= 0.3 is 6.09 Å². The van der Waals surface area contributed by atoms with Crippen molar-refractivity contribution in [2.45, 2.75) is 71.1 Å². The van der Waals surface area contributed by atoms with Crippen molar-refractivity contribution in [3.8, 4) is 0 Å². The summed E-state index contributed by atoms with van der Waals surface area (Å²) in [4.78, 5) is 26.9. The van der Waals surface area contributed by atoms with E-state index in [4.69, 9.17) is 16.3 Å². The van der Waals surface area contributed by atoms with E-state index >= 15 is 0 Å². The van der Waals surface area contributed by atoms with Gasteiger partial charge in [0.25, 0.3) is 0 Å². The van der Waals surface area contributed by atoms with Gasteiger partial charge in [0, 0.05) is 23.9 Å². The van der Waals surface area contributed by atoms with Crippen LogP contribution in [0.1, 0.15) is 58.9 Å². The average Bonchev–Trinajstić information content (AvgIpc) is 3.27. The summed E-state index contributed by atoms with van der Waals surface area (Å²) in [5, 5.41) is 0.480. The van der Waals surface area contributed by atoms with Crippen molar-refractivity contribution < 1.29 is 18.7 Å². The molecule has 1 aliphatic heterocycles. The molecule has 0 unspecified atom stereocenters. The summed E-state index contributed by atoms with van der Waals surface area (Å²) >= 11 is 6.13. The normalized spacial score (nSPS) is 24.5. The Labute approximate surface area is 170 Å². The van der Waals surface area contributed by atoms with Gasteiger partial charge < -0.3 is 4.74 Å². The van der Waals surface area contributed by atoms with E-state index in [9.17, 15) is 14.0 Å². The second-order valence-electron chi connectivity index (χ2n) is 8.68. The fraction of sp³-hybridized carbons (Fsp3) is 0.545. The molecule has 152 valence electrons. The molecule has 0 spiro atoms. The summed E-state index contributed by atoms with van der Waals surface area (Å²) in [6.45, 7) is 7.08. The standard InChI is InChI=1S/C22H27ClFNO3/c1-13(15-7-5-6-8-16(15)23)17(24)9-10-20(26)19-12-14-11-18(14)25(19)21(27)28-22(2,3)4/h5-8,14,18-19H,9-12H2,1-4H3/b17-13-/t14-,18-,19+/m1/s1. The van der Waals surface area contributed by atoms with Gasteiger partial charge in [-0.3, -0.25) is 9.69 Å². The Morgan fingerprint density at radius 1 is 1.21 bits per heavy atom. The summed E-state index contributed by atoms with van der Waals surface area (Å²) in [5.74, 6) is -0.0969. The summed E-state index contributed by atoms with van der Waals surface area (Å²) in [6.07, 6.45) is 1.18. The number of rotatable bonds is 5. The minimum absolute atomic E-state index is 0.00385. The zero-order valence-corrected chi connectivity index (χ0v) is 17.6. The maximum Gasteiger partial charge on any atom is 0.411 e. The summed E-state index contributed by atoms with van der Waals surface area (Å²) in [6, 6.07) is 6.64. The second-order valence-corrected chi connectivity index (χ2v) is 9.09. The Balaban J connectivity index is 1.65. The van der Waals surface area contributed by atoms with Crippen LogP contribution in [0.15, 0.2) is 30.1 Å². The van der Waals surface area contributed by atoms with E-state index in [1.165, 1.54) is 0 Å². The number of carbonyl (C=O) groups is 2. The summed E-state index contributed by atoms with van der Waals surface area (Å²) in [5.41, 5.74) is 0.460. The van der Waals surface area contributed by atoms with E-state index in [0.717, 1.165) is 6.42 Å². The molecule has 3 atom stereocenters. The fourth-order valence-electron chi connectivity index (χ4n) is 3.82. The van der Waals surface area contributed by atoms with Crippen molar-refractivity contribution in [3.63, 3.8) is 0 Å². The Morgan fingerprint density at radius 3 is 2.54 bits per heavy atom. The Morgan fingerprint density at radius 2 is 1.89 bits per heavy atom. The zero-order valence-electron chi connectivity index (χ0n) is 16.8. The number of halogens is 2. The van der Waals surface area contributed by atoms with Crippen LogP contribution in [0, 0.1) is 5.92 Å². The molecule has 0 N–H and O–H groups in total. The lowest BCUT2D eigenvalue weighted by Gasteiger charge is -2.29. The topological polar surface area (TPSA) is 46.6 Å². The minimum atomic E-state index is -0.613. The molecule has 28 heavy (non-hydrogen) atoms. The van der Waals surface area contributed by atoms with Gasteiger partial charge in [-0.05, 0) is 63.7 Å². The van der Waals surface area contributed by atoms with Crippen molar-refractivity contribution in [1.29, 1.82) is 0 Å². The highest BCUT2D eigenvalue weighted by Gasteiger charge is 2.56. The third-order valence-corrected chi connectivity index (χ3v) is 5.69. The highest BCUT2D eigenvalue weighted by molar-refractivity contribution is 6.32. The zero-order chi connectivity index (χ0) is 20.6. The monoisotopic (exact) mass is 407 g/mol. The van der Waals surface area contributed by atoms with E-state index in [-0.39, 0.29) is 30.5 Å². The van der Waals surface area contributed by atoms with Crippen LogP contribution in [-0.4, -0.2) is 34.5 Å². The fourth-order valence-corrected chi connectivity index (χ4v) is 4.10. The molecule has 1 aromatic rings. The molecule has 4 nitrogen and oxygen atoms in total. The lowest BCUT2D eigenvalue weighted by Crippen LogP contribution is -2.45. The Bertz CT molecular complexity index is 814. The number of amides is 1. The van der Waals surface area contributed by atoms with E-state index < -0.39 is 17.7 Å².